The lowest BCUT2D eigenvalue weighted by molar-refractivity contribution is 0.0927. The molecule has 0 saturated carbocycles. The van der Waals surface area contributed by atoms with Gasteiger partial charge < -0.3 is 14.4 Å². The summed E-state index contributed by atoms with van der Waals surface area (Å²) in [5.41, 5.74) is 0.601. The minimum absolute atomic E-state index is 0.487. The van der Waals surface area contributed by atoms with E-state index in [0.29, 0.717) is 24.5 Å². The maximum Gasteiger partial charge on any atom is 0.150 e. The number of carbonyl (C=O) groups excluding carboxylic acids is 1. The summed E-state index contributed by atoms with van der Waals surface area (Å²) in [5.74, 6) is 0.700. The summed E-state index contributed by atoms with van der Waals surface area (Å²) in [7, 11) is 0. The Labute approximate surface area is 148 Å². The lowest BCUT2D eigenvalue weighted by atomic mass is 10.2. The van der Waals surface area contributed by atoms with E-state index < -0.39 is 0 Å². The van der Waals surface area contributed by atoms with Gasteiger partial charge in [-0.05, 0) is 76.3 Å². The maximum absolute atomic E-state index is 10.8. The van der Waals surface area contributed by atoms with Crippen molar-refractivity contribution in [2.24, 2.45) is 0 Å². The number of hydrogen-bond acceptors (Lipinski definition) is 4. The average molecular weight is 435 g/mol. The molecule has 0 unspecified atom stereocenters. The molecular formula is C16H21Br2NO3. The Kier molecular flexibility index (Phi) is 7.86. The zero-order valence-electron chi connectivity index (χ0n) is 12.5. The van der Waals surface area contributed by atoms with Gasteiger partial charge in [0.05, 0.1) is 15.6 Å². The summed E-state index contributed by atoms with van der Waals surface area (Å²) in [5, 5.41) is 0. The van der Waals surface area contributed by atoms with Gasteiger partial charge >= 0.3 is 0 Å². The van der Waals surface area contributed by atoms with Crippen molar-refractivity contribution in [3.05, 3.63) is 26.6 Å². The first-order valence-corrected chi connectivity index (χ1v) is 9.16. The standard InChI is InChI=1S/C16H21Br2NO3/c17-14-10-13(12-20)11-15(18)16(14)22-9-8-21-7-3-6-19-4-1-2-5-19/h10-12H,1-9H2. The van der Waals surface area contributed by atoms with Gasteiger partial charge in [-0.3, -0.25) is 4.79 Å². The van der Waals surface area contributed by atoms with Crippen molar-refractivity contribution in [2.45, 2.75) is 19.3 Å². The van der Waals surface area contributed by atoms with E-state index in [2.05, 4.69) is 36.8 Å². The van der Waals surface area contributed by atoms with E-state index in [1.165, 1.54) is 25.9 Å². The van der Waals surface area contributed by atoms with Gasteiger partial charge in [0.1, 0.15) is 18.6 Å². The third kappa shape index (κ3) is 5.65. The van der Waals surface area contributed by atoms with E-state index in [1.54, 1.807) is 12.1 Å². The fraction of sp³-hybridized carbons (Fsp3) is 0.562. The van der Waals surface area contributed by atoms with Gasteiger partial charge in [-0.15, -0.1) is 0 Å². The van der Waals surface area contributed by atoms with E-state index in [-0.39, 0.29) is 0 Å². The fourth-order valence-electron chi connectivity index (χ4n) is 2.49. The van der Waals surface area contributed by atoms with Crippen LogP contribution in [0.15, 0.2) is 21.1 Å². The lowest BCUT2D eigenvalue weighted by Gasteiger charge is -2.14. The number of hydrogen-bond donors (Lipinski definition) is 0. The molecule has 1 saturated heterocycles. The number of halogens is 2. The number of benzene rings is 1. The number of rotatable bonds is 9. The van der Waals surface area contributed by atoms with Crippen LogP contribution in [0.5, 0.6) is 5.75 Å². The Morgan fingerprint density at radius 3 is 2.41 bits per heavy atom. The highest BCUT2D eigenvalue weighted by molar-refractivity contribution is 9.11. The SMILES string of the molecule is O=Cc1cc(Br)c(OCCOCCCN2CCCC2)c(Br)c1. The second-order valence-electron chi connectivity index (χ2n) is 5.29. The van der Waals surface area contributed by atoms with E-state index in [4.69, 9.17) is 9.47 Å². The van der Waals surface area contributed by atoms with Gasteiger partial charge in [0, 0.05) is 18.7 Å². The van der Waals surface area contributed by atoms with Crippen molar-refractivity contribution in [1.29, 1.82) is 0 Å². The quantitative estimate of drug-likeness (QED) is 0.436. The topological polar surface area (TPSA) is 38.8 Å². The summed E-state index contributed by atoms with van der Waals surface area (Å²) >= 11 is 6.82. The summed E-state index contributed by atoms with van der Waals surface area (Å²) in [6.45, 7) is 5.43. The number of aldehydes is 1. The van der Waals surface area contributed by atoms with Crippen LogP contribution in [-0.2, 0) is 4.74 Å². The van der Waals surface area contributed by atoms with E-state index >= 15 is 0 Å². The molecule has 0 amide bonds. The zero-order valence-corrected chi connectivity index (χ0v) is 15.7. The molecule has 1 aliphatic rings. The normalized spacial score (nSPS) is 15.2. The Hall–Kier alpha value is -0.430. The van der Waals surface area contributed by atoms with Gasteiger partial charge in [0.2, 0.25) is 0 Å². The molecule has 0 atom stereocenters. The molecular weight excluding hydrogens is 414 g/mol. The highest BCUT2D eigenvalue weighted by Crippen LogP contribution is 2.34. The van der Waals surface area contributed by atoms with E-state index in [0.717, 1.165) is 34.8 Å². The first kappa shape index (κ1) is 17.9. The van der Waals surface area contributed by atoms with Crippen molar-refractivity contribution in [3.63, 3.8) is 0 Å². The number of likely N-dealkylation sites (tertiary alicyclic amines) is 1. The number of ether oxygens (including phenoxy) is 2. The Bertz CT molecular complexity index is 467. The summed E-state index contributed by atoms with van der Waals surface area (Å²) in [4.78, 5) is 13.3. The molecule has 1 aliphatic heterocycles. The van der Waals surface area contributed by atoms with Gasteiger partial charge in [-0.2, -0.15) is 0 Å². The van der Waals surface area contributed by atoms with Gasteiger partial charge in [-0.1, -0.05) is 0 Å². The van der Waals surface area contributed by atoms with Crippen molar-refractivity contribution >= 4 is 38.1 Å². The summed E-state index contributed by atoms with van der Waals surface area (Å²) in [6, 6.07) is 3.48. The van der Waals surface area contributed by atoms with Crippen LogP contribution in [0.25, 0.3) is 0 Å². The monoisotopic (exact) mass is 433 g/mol. The van der Waals surface area contributed by atoms with Gasteiger partial charge in [0.15, 0.2) is 0 Å². The average Bonchev–Trinajstić information content (AvgIpc) is 3.01. The van der Waals surface area contributed by atoms with Crippen LogP contribution < -0.4 is 4.74 Å². The van der Waals surface area contributed by atoms with Crippen molar-refractivity contribution < 1.29 is 14.3 Å². The highest BCUT2D eigenvalue weighted by Gasteiger charge is 2.10. The summed E-state index contributed by atoms with van der Waals surface area (Å²) < 4.78 is 12.8. The molecule has 2 rings (SSSR count). The van der Waals surface area contributed by atoms with Gasteiger partial charge in [-0.25, -0.2) is 0 Å². The maximum atomic E-state index is 10.8. The molecule has 0 N–H and O–H groups in total. The Morgan fingerprint density at radius 1 is 1.09 bits per heavy atom. The predicted octanol–water partition coefficient (Wildman–Crippen LogP) is 3.91. The van der Waals surface area contributed by atoms with Crippen LogP contribution in [0.4, 0.5) is 0 Å². The largest absolute Gasteiger partial charge is 0.489 e. The van der Waals surface area contributed by atoms with Crippen molar-refractivity contribution in [3.8, 4) is 5.75 Å². The molecule has 1 aromatic carbocycles. The Balaban J connectivity index is 1.61. The zero-order chi connectivity index (χ0) is 15.8. The molecule has 0 aromatic heterocycles. The fourth-order valence-corrected chi connectivity index (χ4v) is 3.94. The number of nitrogens with zero attached hydrogens (tertiary/aromatic N) is 1. The van der Waals surface area contributed by atoms with E-state index in [9.17, 15) is 4.79 Å². The Morgan fingerprint density at radius 2 is 1.77 bits per heavy atom. The minimum atomic E-state index is 0.487. The molecule has 6 heteroatoms. The molecule has 0 bridgehead atoms. The molecule has 1 fully saturated rings. The first-order valence-electron chi connectivity index (χ1n) is 7.58. The minimum Gasteiger partial charge on any atom is -0.489 e. The molecule has 122 valence electrons. The van der Waals surface area contributed by atoms with Crippen LogP contribution in [0.3, 0.4) is 0 Å². The van der Waals surface area contributed by atoms with Gasteiger partial charge in [0.25, 0.3) is 0 Å². The van der Waals surface area contributed by atoms with Crippen molar-refractivity contribution in [2.75, 3.05) is 39.5 Å². The molecule has 4 nitrogen and oxygen atoms in total. The predicted molar refractivity (Wildman–Crippen MR) is 93.8 cm³/mol. The molecule has 0 spiro atoms. The van der Waals surface area contributed by atoms with Crippen LogP contribution in [0, 0.1) is 0 Å². The third-order valence-corrected chi connectivity index (χ3v) is 4.77. The third-order valence-electron chi connectivity index (χ3n) is 3.59. The molecule has 1 aromatic rings. The molecule has 22 heavy (non-hydrogen) atoms. The van der Waals surface area contributed by atoms with Crippen LogP contribution >= 0.6 is 31.9 Å². The first-order chi connectivity index (χ1) is 10.7. The summed E-state index contributed by atoms with van der Waals surface area (Å²) in [6.07, 6.45) is 4.55. The number of carbonyl (C=O) groups is 1. The van der Waals surface area contributed by atoms with Crippen molar-refractivity contribution in [1.82, 2.24) is 4.90 Å². The molecule has 1 heterocycles. The van der Waals surface area contributed by atoms with E-state index in [1.807, 2.05) is 0 Å². The second kappa shape index (κ2) is 9.65. The van der Waals surface area contributed by atoms with Crippen LogP contribution in [0.1, 0.15) is 29.6 Å². The molecule has 0 radical (unpaired) electrons. The lowest BCUT2D eigenvalue weighted by Crippen LogP contribution is -2.21. The second-order valence-corrected chi connectivity index (χ2v) is 7.00. The van der Waals surface area contributed by atoms with Crippen LogP contribution in [-0.4, -0.2) is 50.6 Å². The van der Waals surface area contributed by atoms with Crippen LogP contribution in [0.2, 0.25) is 0 Å². The molecule has 0 aliphatic carbocycles. The highest BCUT2D eigenvalue weighted by atomic mass is 79.9. The smallest absolute Gasteiger partial charge is 0.150 e.